The van der Waals surface area contributed by atoms with Crippen molar-refractivity contribution in [3.8, 4) is 5.75 Å². The Labute approximate surface area is 156 Å². The average molecular weight is 375 g/mol. The smallest absolute Gasteiger partial charge is 0.491 e. The van der Waals surface area contributed by atoms with Gasteiger partial charge in [0.1, 0.15) is 17.5 Å². The number of carboxylic acid groups (broad SMARTS) is 1. The summed E-state index contributed by atoms with van der Waals surface area (Å²) in [4.78, 5) is 24.8. The molecule has 0 saturated carbocycles. The van der Waals surface area contributed by atoms with Crippen LogP contribution in [0.25, 0.3) is 0 Å². The number of benzene rings is 1. The van der Waals surface area contributed by atoms with Crippen molar-refractivity contribution in [2.24, 2.45) is 0 Å². The molecule has 1 aliphatic heterocycles. The van der Waals surface area contributed by atoms with Crippen LogP contribution in [0.15, 0.2) is 35.2 Å². The van der Waals surface area contributed by atoms with Gasteiger partial charge in [0.15, 0.2) is 0 Å². The summed E-state index contributed by atoms with van der Waals surface area (Å²) < 4.78 is 12.4. The second-order valence-corrected chi connectivity index (χ2v) is 7.17. The summed E-state index contributed by atoms with van der Waals surface area (Å²) in [6.45, 7) is 4.45. The van der Waals surface area contributed by atoms with E-state index >= 15 is 0 Å². The van der Waals surface area contributed by atoms with Gasteiger partial charge < -0.3 is 19.1 Å². The molecule has 138 valence electrons. The van der Waals surface area contributed by atoms with Crippen molar-refractivity contribution in [3.05, 3.63) is 47.3 Å². The lowest BCUT2D eigenvalue weighted by atomic mass is 10.1. The normalized spacial score (nSPS) is 15.8. The quantitative estimate of drug-likeness (QED) is 0.459. The maximum absolute atomic E-state index is 13.1. The van der Waals surface area contributed by atoms with Crippen LogP contribution < -0.4 is 4.74 Å². The van der Waals surface area contributed by atoms with Gasteiger partial charge in [-0.1, -0.05) is 0 Å². The predicted molar refractivity (Wildman–Crippen MR) is 98.3 cm³/mol. The number of thioether (sulfide) groups is 1. The second kappa shape index (κ2) is 7.45. The zero-order valence-corrected chi connectivity index (χ0v) is 15.7. The van der Waals surface area contributed by atoms with Gasteiger partial charge in [-0.25, -0.2) is 4.79 Å². The Balaban J connectivity index is 1.91. The van der Waals surface area contributed by atoms with E-state index in [-0.39, 0.29) is 11.9 Å². The molecule has 3 rings (SSSR count). The van der Waals surface area contributed by atoms with E-state index in [0.29, 0.717) is 24.2 Å². The Hall–Kier alpha value is -2.41. The number of rotatable bonds is 6. The Kier molecular flexibility index (Phi) is 5.27. The molecule has 1 atom stereocenters. The highest BCUT2D eigenvalue weighted by Gasteiger charge is 2.32. The first-order valence-corrected chi connectivity index (χ1v) is 9.61. The lowest BCUT2D eigenvalue weighted by Crippen LogP contribution is -2.11. The Bertz CT molecular complexity index is 825. The number of ketones is 1. The van der Waals surface area contributed by atoms with Crippen molar-refractivity contribution in [1.82, 2.24) is 4.57 Å². The van der Waals surface area contributed by atoms with Gasteiger partial charge in [-0.3, -0.25) is 4.79 Å². The first kappa shape index (κ1) is 18.4. The fourth-order valence-corrected chi connectivity index (χ4v) is 3.80. The monoisotopic (exact) mass is 375 g/mol. The van der Waals surface area contributed by atoms with E-state index in [2.05, 4.69) is 0 Å². The zero-order chi connectivity index (χ0) is 18.8. The van der Waals surface area contributed by atoms with Crippen LogP contribution in [-0.4, -0.2) is 34.0 Å². The van der Waals surface area contributed by atoms with Gasteiger partial charge in [-0.2, -0.15) is 0 Å². The molecule has 6 nitrogen and oxygen atoms in total. The van der Waals surface area contributed by atoms with Gasteiger partial charge in [0.25, 0.3) is 0 Å². The number of nitrogens with zero attached hydrogens (tertiary/aromatic N) is 1. The van der Waals surface area contributed by atoms with Gasteiger partial charge in [-0.05, 0) is 50.4 Å². The Morgan fingerprint density at radius 2 is 1.96 bits per heavy atom. The fraction of sp³-hybridized carbons (Fsp3) is 0.368. The highest BCUT2D eigenvalue weighted by Crippen LogP contribution is 2.37. The molecule has 0 fully saturated rings. The van der Waals surface area contributed by atoms with Gasteiger partial charge in [0, 0.05) is 23.4 Å². The largest absolute Gasteiger partial charge is 0.506 e. The van der Waals surface area contributed by atoms with Crippen LogP contribution in [-0.2, 0) is 11.3 Å². The summed E-state index contributed by atoms with van der Waals surface area (Å²) in [7, 11) is 0. The lowest BCUT2D eigenvalue weighted by molar-refractivity contribution is 0.0518. The number of fused-ring (bicyclic) bond motifs is 1. The van der Waals surface area contributed by atoms with Crippen LogP contribution in [0.2, 0.25) is 0 Å². The SMILES string of the molecule is CSc1cc2n(c1C(=O)c1ccc(OC(C)C)cc1)CCC2OC(=O)O. The first-order valence-electron chi connectivity index (χ1n) is 8.39. The van der Waals surface area contributed by atoms with E-state index in [1.54, 1.807) is 24.3 Å². The molecular formula is C19H21NO5S. The maximum atomic E-state index is 13.1. The molecule has 0 spiro atoms. The summed E-state index contributed by atoms with van der Waals surface area (Å²) in [6.07, 6.45) is 0.678. The molecule has 1 unspecified atom stereocenters. The molecular weight excluding hydrogens is 354 g/mol. The summed E-state index contributed by atoms with van der Waals surface area (Å²) >= 11 is 1.47. The van der Waals surface area contributed by atoms with Crippen molar-refractivity contribution < 1.29 is 24.2 Å². The van der Waals surface area contributed by atoms with Crippen LogP contribution in [0.5, 0.6) is 5.75 Å². The van der Waals surface area contributed by atoms with Gasteiger partial charge in [-0.15, -0.1) is 11.8 Å². The van der Waals surface area contributed by atoms with E-state index in [4.69, 9.17) is 14.6 Å². The van der Waals surface area contributed by atoms with Crippen LogP contribution in [0.3, 0.4) is 0 Å². The molecule has 0 bridgehead atoms. The highest BCUT2D eigenvalue weighted by molar-refractivity contribution is 7.98. The maximum Gasteiger partial charge on any atom is 0.506 e. The summed E-state index contributed by atoms with van der Waals surface area (Å²) in [5, 5.41) is 8.89. The zero-order valence-electron chi connectivity index (χ0n) is 14.9. The van der Waals surface area contributed by atoms with Gasteiger partial charge in [0.05, 0.1) is 11.8 Å². The molecule has 2 heterocycles. The molecule has 26 heavy (non-hydrogen) atoms. The van der Waals surface area contributed by atoms with Crippen LogP contribution in [0.4, 0.5) is 4.79 Å². The fourth-order valence-electron chi connectivity index (χ4n) is 3.17. The first-order chi connectivity index (χ1) is 12.4. The topological polar surface area (TPSA) is 77.8 Å². The number of hydrogen-bond acceptors (Lipinski definition) is 5. The number of carbonyl (C=O) groups is 2. The van der Waals surface area contributed by atoms with E-state index in [9.17, 15) is 9.59 Å². The van der Waals surface area contributed by atoms with E-state index in [1.165, 1.54) is 11.8 Å². The summed E-state index contributed by atoms with van der Waals surface area (Å²) in [6, 6.07) is 8.94. The third kappa shape index (κ3) is 3.58. The minimum absolute atomic E-state index is 0.0692. The number of hydrogen-bond donors (Lipinski definition) is 1. The van der Waals surface area contributed by atoms with Crippen molar-refractivity contribution >= 4 is 23.7 Å². The Morgan fingerprint density at radius 1 is 1.27 bits per heavy atom. The average Bonchev–Trinajstić information content (AvgIpc) is 3.13. The molecule has 0 radical (unpaired) electrons. The van der Waals surface area contributed by atoms with Gasteiger partial charge in [0.2, 0.25) is 5.78 Å². The van der Waals surface area contributed by atoms with E-state index < -0.39 is 12.3 Å². The minimum Gasteiger partial charge on any atom is -0.491 e. The van der Waals surface area contributed by atoms with E-state index in [1.807, 2.05) is 30.7 Å². The number of aromatic nitrogens is 1. The molecule has 1 aromatic carbocycles. The molecule has 0 amide bonds. The lowest BCUT2D eigenvalue weighted by Gasteiger charge is -2.11. The van der Waals surface area contributed by atoms with Crippen molar-refractivity contribution in [3.63, 3.8) is 0 Å². The summed E-state index contributed by atoms with van der Waals surface area (Å²) in [5.41, 5.74) is 1.89. The molecule has 0 aliphatic carbocycles. The van der Waals surface area contributed by atoms with Crippen molar-refractivity contribution in [1.29, 1.82) is 0 Å². The molecule has 0 saturated heterocycles. The third-order valence-corrected chi connectivity index (χ3v) is 4.96. The van der Waals surface area contributed by atoms with Crippen LogP contribution in [0.1, 0.15) is 48.1 Å². The molecule has 7 heteroatoms. The van der Waals surface area contributed by atoms with Crippen molar-refractivity contribution in [2.45, 2.75) is 43.9 Å². The second-order valence-electron chi connectivity index (χ2n) is 6.32. The highest BCUT2D eigenvalue weighted by atomic mass is 32.2. The van der Waals surface area contributed by atoms with Gasteiger partial charge >= 0.3 is 6.16 Å². The third-order valence-electron chi connectivity index (χ3n) is 4.21. The van der Waals surface area contributed by atoms with E-state index in [0.717, 1.165) is 16.3 Å². The van der Waals surface area contributed by atoms with Crippen LogP contribution in [0, 0.1) is 0 Å². The van der Waals surface area contributed by atoms with Crippen molar-refractivity contribution in [2.75, 3.05) is 6.26 Å². The number of ether oxygens (including phenoxy) is 2. The Morgan fingerprint density at radius 3 is 2.54 bits per heavy atom. The molecule has 1 aliphatic rings. The minimum atomic E-state index is -1.30. The number of carbonyl (C=O) groups excluding carboxylic acids is 1. The summed E-state index contributed by atoms with van der Waals surface area (Å²) in [5.74, 6) is 0.629. The predicted octanol–water partition coefficient (Wildman–Crippen LogP) is 4.37. The molecule has 1 N–H and O–H groups in total. The molecule has 1 aromatic heterocycles. The standard InChI is InChI=1S/C19H21NO5S/c1-11(2)24-13-6-4-12(5-7-13)18(21)17-16(26-3)10-14-15(25-19(22)23)8-9-20(14)17/h4-7,10-11,15H,8-9H2,1-3H3,(H,22,23). The van der Waals surface area contributed by atoms with Crippen LogP contribution >= 0.6 is 11.8 Å². The molecule has 2 aromatic rings.